The molecule has 0 amide bonds. The maximum absolute atomic E-state index is 12.1. The van der Waals surface area contributed by atoms with E-state index < -0.39 is 12.1 Å². The summed E-state index contributed by atoms with van der Waals surface area (Å²) in [4.78, 5) is 22.6. The molecule has 0 saturated carbocycles. The van der Waals surface area contributed by atoms with Crippen LogP contribution >= 0.6 is 0 Å². The number of carboxylic acid groups (broad SMARTS) is 1. The molecule has 0 unspecified atom stereocenters. The van der Waals surface area contributed by atoms with Gasteiger partial charge in [-0.1, -0.05) is 71.1 Å². The predicted octanol–water partition coefficient (Wildman–Crippen LogP) is 4.92. The van der Waals surface area contributed by atoms with Crippen LogP contribution in [0, 0.1) is 17.3 Å². The van der Waals surface area contributed by atoms with Gasteiger partial charge in [0.1, 0.15) is 0 Å². The van der Waals surface area contributed by atoms with Crippen LogP contribution in [0.25, 0.3) is 0 Å². The molecule has 0 radical (unpaired) electrons. The molecular weight excluding hydrogens is 328 g/mol. The largest absolute Gasteiger partial charge is 0.481 e. The van der Waals surface area contributed by atoms with E-state index in [1.807, 2.05) is 18.2 Å². The molecule has 1 aliphatic rings. The molecule has 0 aromatic rings. The van der Waals surface area contributed by atoms with E-state index in [1.54, 1.807) is 6.08 Å². The molecule has 0 saturated heterocycles. The predicted molar refractivity (Wildman–Crippen MR) is 105 cm³/mol. The molecule has 1 rings (SSSR count). The van der Waals surface area contributed by atoms with Gasteiger partial charge in [0.15, 0.2) is 5.78 Å². The van der Waals surface area contributed by atoms with Crippen LogP contribution in [-0.4, -0.2) is 28.1 Å². The second-order valence-electron chi connectivity index (χ2n) is 8.21. The summed E-state index contributed by atoms with van der Waals surface area (Å²) < 4.78 is 0. The highest BCUT2D eigenvalue weighted by Crippen LogP contribution is 2.32. The number of carbonyl (C=O) groups is 2. The van der Waals surface area contributed by atoms with E-state index in [1.165, 1.54) is 0 Å². The fraction of sp³-hybridized carbons (Fsp3) is 0.727. The van der Waals surface area contributed by atoms with Gasteiger partial charge in [0.2, 0.25) is 0 Å². The lowest BCUT2D eigenvalue weighted by molar-refractivity contribution is -0.137. The molecular formula is C22H36O4. The molecule has 1 aliphatic carbocycles. The van der Waals surface area contributed by atoms with E-state index in [9.17, 15) is 14.7 Å². The zero-order valence-electron chi connectivity index (χ0n) is 16.6. The molecule has 2 N–H and O–H groups in total. The van der Waals surface area contributed by atoms with Gasteiger partial charge in [-0.2, -0.15) is 0 Å². The van der Waals surface area contributed by atoms with Crippen molar-refractivity contribution in [1.29, 1.82) is 0 Å². The summed E-state index contributed by atoms with van der Waals surface area (Å²) in [6.45, 7) is 6.32. The molecule has 26 heavy (non-hydrogen) atoms. The summed E-state index contributed by atoms with van der Waals surface area (Å²) in [5.41, 5.74) is -0.154. The number of carboxylic acids is 1. The molecule has 4 heteroatoms. The van der Waals surface area contributed by atoms with Crippen LogP contribution in [0.5, 0.6) is 0 Å². The maximum atomic E-state index is 12.1. The Labute approximate surface area is 158 Å². The number of aliphatic carboxylic acids is 1. The van der Waals surface area contributed by atoms with Gasteiger partial charge in [-0.3, -0.25) is 9.59 Å². The van der Waals surface area contributed by atoms with Crippen molar-refractivity contribution in [2.75, 3.05) is 0 Å². The van der Waals surface area contributed by atoms with E-state index in [0.717, 1.165) is 44.9 Å². The van der Waals surface area contributed by atoms with Gasteiger partial charge in [0.05, 0.1) is 6.10 Å². The second-order valence-corrected chi connectivity index (χ2v) is 8.21. The number of allylic oxidation sites excluding steroid dienone is 3. The Hall–Kier alpha value is -1.42. The van der Waals surface area contributed by atoms with Crippen LogP contribution in [-0.2, 0) is 9.59 Å². The fourth-order valence-corrected chi connectivity index (χ4v) is 3.45. The lowest BCUT2D eigenvalue weighted by Crippen LogP contribution is -2.27. The van der Waals surface area contributed by atoms with Crippen LogP contribution in [0.4, 0.5) is 0 Å². The molecule has 0 heterocycles. The second kappa shape index (κ2) is 11.3. The minimum Gasteiger partial charge on any atom is -0.481 e. The first-order valence-electron chi connectivity index (χ1n) is 10.1. The lowest BCUT2D eigenvalue weighted by atomic mass is 9.80. The van der Waals surface area contributed by atoms with Crippen LogP contribution in [0.3, 0.4) is 0 Å². The van der Waals surface area contributed by atoms with E-state index in [2.05, 4.69) is 20.8 Å². The number of hydrogen-bond donors (Lipinski definition) is 2. The topological polar surface area (TPSA) is 74.6 Å². The first-order valence-corrected chi connectivity index (χ1v) is 10.1. The van der Waals surface area contributed by atoms with Gasteiger partial charge in [-0.25, -0.2) is 0 Å². The zero-order valence-corrected chi connectivity index (χ0v) is 16.6. The number of ketones is 1. The Morgan fingerprint density at radius 1 is 1.23 bits per heavy atom. The minimum atomic E-state index is -0.745. The lowest BCUT2D eigenvalue weighted by Gasteiger charge is -2.29. The summed E-state index contributed by atoms with van der Waals surface area (Å²) in [7, 11) is 0. The van der Waals surface area contributed by atoms with E-state index in [-0.39, 0.29) is 29.5 Å². The molecule has 3 atom stereocenters. The number of carbonyl (C=O) groups excluding carboxylic acids is 1. The highest BCUT2D eigenvalue weighted by molar-refractivity contribution is 5.94. The maximum Gasteiger partial charge on any atom is 0.303 e. The van der Waals surface area contributed by atoms with E-state index >= 15 is 0 Å². The summed E-state index contributed by atoms with van der Waals surface area (Å²) in [6, 6.07) is 0. The highest BCUT2D eigenvalue weighted by Gasteiger charge is 2.29. The Morgan fingerprint density at radius 3 is 2.58 bits per heavy atom. The molecule has 4 nitrogen and oxygen atoms in total. The quantitative estimate of drug-likeness (QED) is 0.359. The molecule has 0 spiro atoms. The van der Waals surface area contributed by atoms with Crippen molar-refractivity contribution < 1.29 is 19.8 Å². The van der Waals surface area contributed by atoms with Gasteiger partial charge in [0.25, 0.3) is 0 Å². The molecule has 0 aromatic heterocycles. The summed E-state index contributed by atoms with van der Waals surface area (Å²) in [5, 5.41) is 19.1. The Kier molecular flexibility index (Phi) is 9.85. The first-order chi connectivity index (χ1) is 12.3. The fourth-order valence-electron chi connectivity index (χ4n) is 3.45. The van der Waals surface area contributed by atoms with Crippen molar-refractivity contribution in [3.63, 3.8) is 0 Å². The monoisotopic (exact) mass is 364 g/mol. The van der Waals surface area contributed by atoms with Crippen LogP contribution in [0.2, 0.25) is 0 Å². The van der Waals surface area contributed by atoms with Gasteiger partial charge in [0, 0.05) is 18.3 Å². The molecule has 148 valence electrons. The summed E-state index contributed by atoms with van der Waals surface area (Å²) >= 11 is 0. The molecule has 0 bridgehead atoms. The third kappa shape index (κ3) is 7.86. The molecule has 0 fully saturated rings. The minimum absolute atomic E-state index is 0.0309. The van der Waals surface area contributed by atoms with Gasteiger partial charge in [-0.15, -0.1) is 0 Å². The number of hydrogen-bond acceptors (Lipinski definition) is 3. The van der Waals surface area contributed by atoms with Gasteiger partial charge in [-0.05, 0) is 30.8 Å². The third-order valence-corrected chi connectivity index (χ3v) is 5.46. The van der Waals surface area contributed by atoms with Crippen LogP contribution in [0.15, 0.2) is 24.3 Å². The van der Waals surface area contributed by atoms with Crippen molar-refractivity contribution in [2.24, 2.45) is 17.3 Å². The van der Waals surface area contributed by atoms with Crippen molar-refractivity contribution in [2.45, 2.75) is 84.7 Å². The SMILES string of the molecule is CCCCC(C)(C)[C@H](O)/C=C/[C@H]1C=CC(=O)[C@H]1CCCCCCC(=O)O. The average molecular weight is 365 g/mol. The van der Waals surface area contributed by atoms with Crippen molar-refractivity contribution in [3.8, 4) is 0 Å². The molecule has 0 aliphatic heterocycles. The number of aliphatic hydroxyl groups is 1. The standard InChI is InChI=1S/C22H36O4/c1-4-5-16-22(2,3)20(24)15-13-17-12-14-19(23)18(17)10-8-6-7-9-11-21(25)26/h12-15,17-18,20,24H,4-11,16H2,1-3H3,(H,25,26)/b15-13+/t17-,18+,20-/m1/s1. The van der Waals surface area contributed by atoms with Crippen LogP contribution < -0.4 is 0 Å². The number of unbranched alkanes of at least 4 members (excludes halogenated alkanes) is 4. The Bertz CT molecular complexity index is 504. The first kappa shape index (κ1) is 22.6. The van der Waals surface area contributed by atoms with Crippen molar-refractivity contribution in [3.05, 3.63) is 24.3 Å². The number of rotatable bonds is 13. The van der Waals surface area contributed by atoms with Crippen molar-refractivity contribution >= 4 is 11.8 Å². The average Bonchev–Trinajstić information content (AvgIpc) is 2.93. The van der Waals surface area contributed by atoms with Crippen LogP contribution in [0.1, 0.15) is 78.6 Å². The molecule has 0 aromatic carbocycles. The zero-order chi connectivity index (χ0) is 19.6. The number of aliphatic hydroxyl groups excluding tert-OH is 1. The van der Waals surface area contributed by atoms with E-state index in [0.29, 0.717) is 6.42 Å². The van der Waals surface area contributed by atoms with E-state index in [4.69, 9.17) is 5.11 Å². The Morgan fingerprint density at radius 2 is 1.92 bits per heavy atom. The van der Waals surface area contributed by atoms with Crippen molar-refractivity contribution in [1.82, 2.24) is 0 Å². The Balaban J connectivity index is 2.45. The highest BCUT2D eigenvalue weighted by atomic mass is 16.4. The van der Waals surface area contributed by atoms with Gasteiger partial charge < -0.3 is 10.2 Å². The smallest absolute Gasteiger partial charge is 0.303 e. The summed E-state index contributed by atoms with van der Waals surface area (Å²) in [6.07, 6.45) is 14.7. The van der Waals surface area contributed by atoms with Gasteiger partial charge >= 0.3 is 5.97 Å². The third-order valence-electron chi connectivity index (χ3n) is 5.46. The normalized spacial score (nSPS) is 21.6. The summed E-state index contributed by atoms with van der Waals surface area (Å²) in [5.74, 6) is -0.537.